The van der Waals surface area contributed by atoms with Gasteiger partial charge in [-0.25, -0.2) is 0 Å². The first kappa shape index (κ1) is 23.2. The molecule has 2 amide bonds. The van der Waals surface area contributed by atoms with Gasteiger partial charge in [0.1, 0.15) is 5.54 Å². The molecule has 4 atom stereocenters. The average molecular weight is 494 g/mol. The summed E-state index contributed by atoms with van der Waals surface area (Å²) >= 11 is 0. The Hall–Kier alpha value is -4.23. The Morgan fingerprint density at radius 2 is 1.65 bits per heavy atom. The highest BCUT2D eigenvalue weighted by Crippen LogP contribution is 2.51. The van der Waals surface area contributed by atoms with Crippen molar-refractivity contribution in [3.8, 4) is 0 Å². The van der Waals surface area contributed by atoms with Gasteiger partial charge in [-0.3, -0.25) is 24.6 Å². The zero-order valence-corrected chi connectivity index (χ0v) is 20.3. The molecule has 3 heterocycles. The number of nitrogens with zero attached hydrogens (tertiary/aromatic N) is 1. The maximum atomic E-state index is 14.0. The van der Waals surface area contributed by atoms with Crippen molar-refractivity contribution in [3.63, 3.8) is 0 Å². The maximum Gasteiger partial charge on any atom is 0.325 e. The second-order valence-electron chi connectivity index (χ2n) is 10.0. The zero-order valence-electron chi connectivity index (χ0n) is 20.3. The summed E-state index contributed by atoms with van der Waals surface area (Å²) in [6.45, 7) is 2.06. The van der Waals surface area contributed by atoms with E-state index in [2.05, 4.69) is 10.3 Å². The molecule has 186 valence electrons. The van der Waals surface area contributed by atoms with Crippen molar-refractivity contribution in [2.75, 3.05) is 0 Å². The number of aromatic amines is 1. The summed E-state index contributed by atoms with van der Waals surface area (Å²) in [5.74, 6) is -3.77. The molecule has 7 nitrogen and oxygen atoms in total. The fourth-order valence-corrected chi connectivity index (χ4v) is 6.20. The quantitative estimate of drug-likeness (QED) is 0.353. The van der Waals surface area contributed by atoms with E-state index in [0.717, 1.165) is 33.2 Å². The molecular formula is C30H27N3O4. The molecule has 4 aromatic rings. The third kappa shape index (κ3) is 3.57. The molecule has 7 heteroatoms. The number of amides is 2. The van der Waals surface area contributed by atoms with E-state index in [4.69, 9.17) is 0 Å². The highest BCUT2D eigenvalue weighted by atomic mass is 16.4. The highest BCUT2D eigenvalue weighted by molar-refractivity contribution is 6.09. The monoisotopic (exact) mass is 493 g/mol. The highest BCUT2D eigenvalue weighted by Gasteiger charge is 2.68. The Balaban J connectivity index is 1.48. The fourth-order valence-electron chi connectivity index (χ4n) is 6.20. The van der Waals surface area contributed by atoms with Crippen LogP contribution >= 0.6 is 0 Å². The number of carbonyl (C=O) groups excluding carboxylic acids is 2. The minimum Gasteiger partial charge on any atom is -0.480 e. The van der Waals surface area contributed by atoms with Crippen LogP contribution < -0.4 is 5.32 Å². The van der Waals surface area contributed by atoms with Crippen molar-refractivity contribution >= 4 is 28.7 Å². The molecule has 2 saturated heterocycles. The molecule has 2 fully saturated rings. The SMILES string of the molecule is Cc1ccccc1C1NC(Cc2c[nH]c3ccccc23)(C(=O)O)C2C(=O)N(Cc3ccccc3)C(=O)C12. The predicted octanol–water partition coefficient (Wildman–Crippen LogP) is 3.99. The molecule has 3 N–H and O–H groups in total. The van der Waals surface area contributed by atoms with Crippen molar-refractivity contribution in [1.82, 2.24) is 15.2 Å². The molecule has 2 aliphatic heterocycles. The number of hydrogen-bond acceptors (Lipinski definition) is 4. The second kappa shape index (κ2) is 8.71. The first-order chi connectivity index (χ1) is 17.9. The summed E-state index contributed by atoms with van der Waals surface area (Å²) in [6, 6.07) is 24.0. The van der Waals surface area contributed by atoms with Gasteiger partial charge in [-0.05, 0) is 35.2 Å². The number of carboxylic acid groups (broad SMARTS) is 1. The van der Waals surface area contributed by atoms with E-state index in [1.165, 1.54) is 4.90 Å². The van der Waals surface area contributed by atoms with E-state index in [0.29, 0.717) is 0 Å². The number of carboxylic acids is 1. The van der Waals surface area contributed by atoms with Gasteiger partial charge in [-0.2, -0.15) is 0 Å². The Labute approximate surface area is 214 Å². The lowest BCUT2D eigenvalue weighted by Crippen LogP contribution is -2.57. The first-order valence-electron chi connectivity index (χ1n) is 12.4. The zero-order chi connectivity index (χ0) is 25.7. The Kier molecular flexibility index (Phi) is 5.46. The summed E-state index contributed by atoms with van der Waals surface area (Å²) < 4.78 is 0. The number of rotatable bonds is 6. The molecule has 4 unspecified atom stereocenters. The van der Waals surface area contributed by atoms with Crippen molar-refractivity contribution in [1.29, 1.82) is 0 Å². The number of carbonyl (C=O) groups is 3. The molecule has 0 radical (unpaired) electrons. The van der Waals surface area contributed by atoms with Crippen LogP contribution in [0.15, 0.2) is 85.1 Å². The summed E-state index contributed by atoms with van der Waals surface area (Å²) in [6.07, 6.45) is 1.87. The van der Waals surface area contributed by atoms with Crippen LogP contribution in [-0.2, 0) is 27.3 Å². The molecular weight excluding hydrogens is 466 g/mol. The van der Waals surface area contributed by atoms with Gasteiger partial charge in [0.2, 0.25) is 11.8 Å². The van der Waals surface area contributed by atoms with E-state index in [-0.39, 0.29) is 18.9 Å². The third-order valence-electron chi connectivity index (χ3n) is 7.98. The standard InChI is InChI=1S/C30H27N3O4/c1-18-9-5-6-12-21(18)26-24-25(28(35)33(27(24)34)17-19-10-3-2-4-11-19)30(32-26,29(36)37)15-20-16-31-23-14-8-7-13-22(20)23/h2-14,16,24-26,31-32H,15,17H2,1H3,(H,36,37). The molecule has 0 saturated carbocycles. The van der Waals surface area contributed by atoms with Crippen molar-refractivity contribution in [2.45, 2.75) is 31.5 Å². The van der Waals surface area contributed by atoms with Crippen LogP contribution in [0.4, 0.5) is 0 Å². The summed E-state index contributed by atoms with van der Waals surface area (Å²) in [5, 5.41) is 15.0. The van der Waals surface area contributed by atoms with Crippen molar-refractivity contribution in [2.24, 2.45) is 11.8 Å². The molecule has 2 aliphatic rings. The number of hydrogen-bond donors (Lipinski definition) is 3. The van der Waals surface area contributed by atoms with Gasteiger partial charge < -0.3 is 10.1 Å². The van der Waals surface area contributed by atoms with E-state index in [1.807, 2.05) is 85.8 Å². The number of aliphatic carboxylic acids is 1. The van der Waals surface area contributed by atoms with Gasteiger partial charge >= 0.3 is 5.97 Å². The fraction of sp³-hybridized carbons (Fsp3) is 0.233. The lowest BCUT2D eigenvalue weighted by atomic mass is 9.76. The lowest BCUT2D eigenvalue weighted by Gasteiger charge is -2.31. The normalized spacial score (nSPS) is 25.1. The Morgan fingerprint density at radius 3 is 2.41 bits per heavy atom. The molecule has 1 aromatic heterocycles. The van der Waals surface area contributed by atoms with Crippen LogP contribution in [0.1, 0.15) is 28.3 Å². The number of H-pyrrole nitrogens is 1. The molecule has 37 heavy (non-hydrogen) atoms. The summed E-state index contributed by atoms with van der Waals surface area (Å²) in [5.41, 5.74) is 2.62. The molecule has 6 rings (SSSR count). The van der Waals surface area contributed by atoms with Crippen LogP contribution in [0.25, 0.3) is 10.9 Å². The molecule has 0 bridgehead atoms. The smallest absolute Gasteiger partial charge is 0.325 e. The molecule has 0 aliphatic carbocycles. The summed E-state index contributed by atoms with van der Waals surface area (Å²) in [4.78, 5) is 45.5. The lowest BCUT2D eigenvalue weighted by molar-refractivity contribution is -0.151. The van der Waals surface area contributed by atoms with Gasteiger partial charge in [-0.1, -0.05) is 72.8 Å². The van der Waals surface area contributed by atoms with Crippen molar-refractivity contribution in [3.05, 3.63) is 107 Å². The number of nitrogens with one attached hydrogen (secondary N) is 2. The number of para-hydroxylation sites is 1. The van der Waals surface area contributed by atoms with E-state index < -0.39 is 35.3 Å². The van der Waals surface area contributed by atoms with Crippen LogP contribution in [-0.4, -0.2) is 38.3 Å². The largest absolute Gasteiger partial charge is 0.480 e. The Bertz CT molecular complexity index is 1530. The topological polar surface area (TPSA) is 102 Å². The van der Waals surface area contributed by atoms with Gasteiger partial charge in [0.25, 0.3) is 0 Å². The number of likely N-dealkylation sites (tertiary alicyclic amines) is 1. The van der Waals surface area contributed by atoms with Crippen LogP contribution in [0.2, 0.25) is 0 Å². The van der Waals surface area contributed by atoms with Crippen LogP contribution in [0.3, 0.4) is 0 Å². The van der Waals surface area contributed by atoms with Crippen LogP contribution in [0, 0.1) is 18.8 Å². The average Bonchev–Trinajstić information content (AvgIpc) is 3.54. The van der Waals surface area contributed by atoms with Gasteiger partial charge in [0.15, 0.2) is 0 Å². The molecule has 3 aromatic carbocycles. The van der Waals surface area contributed by atoms with Gasteiger partial charge in [0.05, 0.1) is 18.4 Å². The van der Waals surface area contributed by atoms with E-state index in [1.54, 1.807) is 6.20 Å². The van der Waals surface area contributed by atoms with E-state index >= 15 is 0 Å². The third-order valence-corrected chi connectivity index (χ3v) is 7.98. The van der Waals surface area contributed by atoms with Crippen molar-refractivity contribution < 1.29 is 19.5 Å². The molecule has 0 spiro atoms. The number of imide groups is 1. The minimum absolute atomic E-state index is 0.0636. The maximum absolute atomic E-state index is 14.0. The number of aryl methyl sites for hydroxylation is 1. The summed E-state index contributed by atoms with van der Waals surface area (Å²) in [7, 11) is 0. The number of benzene rings is 3. The van der Waals surface area contributed by atoms with Crippen LogP contribution in [0.5, 0.6) is 0 Å². The number of aromatic nitrogens is 1. The number of fused-ring (bicyclic) bond motifs is 2. The predicted molar refractivity (Wildman–Crippen MR) is 138 cm³/mol. The minimum atomic E-state index is -1.65. The Morgan fingerprint density at radius 1 is 0.946 bits per heavy atom. The first-order valence-corrected chi connectivity index (χ1v) is 12.4. The van der Waals surface area contributed by atoms with Gasteiger partial charge in [0, 0.05) is 29.6 Å². The second-order valence-corrected chi connectivity index (χ2v) is 10.0. The van der Waals surface area contributed by atoms with Gasteiger partial charge in [-0.15, -0.1) is 0 Å². The van der Waals surface area contributed by atoms with E-state index in [9.17, 15) is 19.5 Å².